The third-order valence-corrected chi connectivity index (χ3v) is 7.11. The Labute approximate surface area is 187 Å². The highest BCUT2D eigenvalue weighted by Gasteiger charge is 2.48. The Bertz CT molecular complexity index is 831. The molecule has 1 aromatic rings. The SMILES string of the molecule is CN(CCN1CCCC1)C(=O)[C@H]1CC[C@@]2(CC1)OC(=O)c1cc(OC(CF)CF)ccc12. The predicted molar refractivity (Wildman–Crippen MR) is 115 cm³/mol. The molecule has 32 heavy (non-hydrogen) atoms. The van der Waals surface area contributed by atoms with Crippen LogP contribution in [0.5, 0.6) is 5.75 Å². The fraction of sp³-hybridized carbons (Fsp3) is 0.667. The van der Waals surface area contributed by atoms with E-state index in [0.717, 1.165) is 31.7 Å². The Balaban J connectivity index is 1.37. The summed E-state index contributed by atoms with van der Waals surface area (Å²) >= 11 is 0. The average molecular weight is 451 g/mol. The van der Waals surface area contributed by atoms with E-state index in [0.29, 0.717) is 31.2 Å². The summed E-state index contributed by atoms with van der Waals surface area (Å²) in [5.41, 5.74) is 0.432. The molecule has 1 amide bonds. The number of hydrogen-bond donors (Lipinski definition) is 0. The highest BCUT2D eigenvalue weighted by atomic mass is 19.1. The van der Waals surface area contributed by atoms with Gasteiger partial charge >= 0.3 is 5.97 Å². The van der Waals surface area contributed by atoms with E-state index in [4.69, 9.17) is 9.47 Å². The Morgan fingerprint density at radius 1 is 1.25 bits per heavy atom. The lowest BCUT2D eigenvalue weighted by Crippen LogP contribution is -2.41. The zero-order valence-electron chi connectivity index (χ0n) is 18.7. The molecule has 2 aliphatic heterocycles. The zero-order chi connectivity index (χ0) is 22.7. The Hall–Kier alpha value is -2.22. The van der Waals surface area contributed by atoms with Crippen LogP contribution in [0.1, 0.15) is 54.4 Å². The quantitative estimate of drug-likeness (QED) is 0.568. The van der Waals surface area contributed by atoms with Crippen LogP contribution in [0.15, 0.2) is 18.2 Å². The highest BCUT2D eigenvalue weighted by molar-refractivity contribution is 5.95. The van der Waals surface area contributed by atoms with Crippen LogP contribution in [0.3, 0.4) is 0 Å². The Kier molecular flexibility index (Phi) is 6.98. The van der Waals surface area contributed by atoms with E-state index in [9.17, 15) is 18.4 Å². The van der Waals surface area contributed by atoms with Crippen LogP contribution in [0.25, 0.3) is 0 Å². The van der Waals surface area contributed by atoms with Gasteiger partial charge in [-0.25, -0.2) is 13.6 Å². The van der Waals surface area contributed by atoms with E-state index in [2.05, 4.69) is 4.90 Å². The van der Waals surface area contributed by atoms with Gasteiger partial charge in [-0.15, -0.1) is 0 Å². The molecule has 0 atom stereocenters. The first-order valence-electron chi connectivity index (χ1n) is 11.6. The lowest BCUT2D eigenvalue weighted by atomic mass is 9.74. The maximum absolute atomic E-state index is 12.9. The molecule has 2 heterocycles. The third-order valence-electron chi connectivity index (χ3n) is 7.11. The van der Waals surface area contributed by atoms with Gasteiger partial charge in [0.1, 0.15) is 24.7 Å². The number of alkyl halides is 2. The number of likely N-dealkylation sites (tertiary alicyclic amines) is 1. The second kappa shape index (κ2) is 9.73. The number of carbonyl (C=O) groups excluding carboxylic acids is 2. The van der Waals surface area contributed by atoms with Crippen molar-refractivity contribution in [2.24, 2.45) is 5.92 Å². The third kappa shape index (κ3) is 4.60. The van der Waals surface area contributed by atoms with Crippen molar-refractivity contribution in [2.75, 3.05) is 46.6 Å². The van der Waals surface area contributed by atoms with E-state index < -0.39 is 31.0 Å². The van der Waals surface area contributed by atoms with Crippen LogP contribution >= 0.6 is 0 Å². The number of esters is 1. The molecule has 0 aromatic heterocycles. The molecule has 1 saturated carbocycles. The predicted octanol–water partition coefficient (Wildman–Crippen LogP) is 3.48. The van der Waals surface area contributed by atoms with Crippen LogP contribution in [0.2, 0.25) is 0 Å². The first-order valence-corrected chi connectivity index (χ1v) is 11.6. The van der Waals surface area contributed by atoms with E-state index in [1.807, 2.05) is 11.9 Å². The van der Waals surface area contributed by atoms with Gasteiger partial charge in [0.25, 0.3) is 0 Å². The minimum absolute atomic E-state index is 0.0653. The largest absolute Gasteiger partial charge is 0.485 e. The molecule has 2 fully saturated rings. The topological polar surface area (TPSA) is 59.1 Å². The Morgan fingerprint density at radius 2 is 1.94 bits per heavy atom. The summed E-state index contributed by atoms with van der Waals surface area (Å²) in [5, 5.41) is 0. The summed E-state index contributed by atoms with van der Waals surface area (Å²) in [7, 11) is 1.87. The van der Waals surface area contributed by atoms with Gasteiger partial charge in [0.2, 0.25) is 5.91 Å². The first-order chi connectivity index (χ1) is 15.5. The van der Waals surface area contributed by atoms with Gasteiger partial charge in [-0.05, 0) is 63.7 Å². The molecular formula is C24H32F2N2O4. The second-order valence-electron chi connectivity index (χ2n) is 9.22. The number of carbonyl (C=O) groups is 2. The summed E-state index contributed by atoms with van der Waals surface area (Å²) in [4.78, 5) is 29.7. The average Bonchev–Trinajstić information content (AvgIpc) is 3.42. The van der Waals surface area contributed by atoms with E-state index >= 15 is 0 Å². The van der Waals surface area contributed by atoms with Crippen molar-refractivity contribution in [3.63, 3.8) is 0 Å². The Morgan fingerprint density at radius 3 is 2.59 bits per heavy atom. The van der Waals surface area contributed by atoms with Gasteiger partial charge in [-0.1, -0.05) is 6.07 Å². The van der Waals surface area contributed by atoms with Crippen LogP contribution in [-0.4, -0.2) is 74.4 Å². The fourth-order valence-corrected chi connectivity index (χ4v) is 5.17. The highest BCUT2D eigenvalue weighted by Crippen LogP contribution is 2.49. The van der Waals surface area contributed by atoms with Gasteiger partial charge in [0.15, 0.2) is 6.10 Å². The molecule has 1 saturated heterocycles. The summed E-state index contributed by atoms with van der Waals surface area (Å²) in [6.07, 6.45) is 3.78. The maximum atomic E-state index is 12.9. The number of amides is 1. The van der Waals surface area contributed by atoms with E-state index in [1.165, 1.54) is 18.9 Å². The number of fused-ring (bicyclic) bond motifs is 2. The molecule has 3 aliphatic rings. The van der Waals surface area contributed by atoms with Gasteiger partial charge in [-0.3, -0.25) is 4.79 Å². The molecule has 176 valence electrons. The summed E-state index contributed by atoms with van der Waals surface area (Å²) < 4.78 is 36.6. The van der Waals surface area contributed by atoms with Crippen LogP contribution in [0, 0.1) is 5.92 Å². The van der Waals surface area contributed by atoms with Crippen LogP contribution in [0.4, 0.5) is 8.78 Å². The van der Waals surface area contributed by atoms with Gasteiger partial charge in [0.05, 0.1) is 5.56 Å². The fourth-order valence-electron chi connectivity index (χ4n) is 5.17. The molecule has 0 radical (unpaired) electrons. The normalized spacial score (nSPS) is 25.2. The number of hydrogen-bond acceptors (Lipinski definition) is 5. The molecule has 0 bridgehead atoms. The van der Waals surface area contributed by atoms with Crippen molar-refractivity contribution in [3.8, 4) is 5.75 Å². The lowest BCUT2D eigenvalue weighted by Gasteiger charge is -2.37. The molecule has 4 rings (SSSR count). The standard InChI is InChI=1S/C24H32F2N2O4/c1-27(12-13-28-10-2-3-11-28)22(29)17-6-8-24(9-7-17)21-5-4-18(31-19(15-25)16-26)14-20(21)23(30)32-24/h4-5,14,17,19H,2-3,6-13,15-16H2,1H3/t17-,24-. The van der Waals surface area contributed by atoms with Crippen LogP contribution in [-0.2, 0) is 15.1 Å². The molecule has 8 heteroatoms. The summed E-state index contributed by atoms with van der Waals surface area (Å²) in [6.45, 7) is 2.01. The van der Waals surface area contributed by atoms with Crippen molar-refractivity contribution >= 4 is 11.9 Å². The zero-order valence-corrected chi connectivity index (χ0v) is 18.7. The van der Waals surface area contributed by atoms with E-state index in [-0.39, 0.29) is 17.6 Å². The monoisotopic (exact) mass is 450 g/mol. The minimum atomic E-state index is -1.18. The van der Waals surface area contributed by atoms with Crippen molar-refractivity contribution in [3.05, 3.63) is 29.3 Å². The second-order valence-corrected chi connectivity index (χ2v) is 9.22. The molecule has 0 unspecified atom stereocenters. The summed E-state index contributed by atoms with van der Waals surface area (Å²) in [5.74, 6) is -0.100. The number of nitrogens with zero attached hydrogens (tertiary/aromatic N) is 2. The number of likely N-dealkylation sites (N-methyl/N-ethyl adjacent to an activating group) is 1. The molecular weight excluding hydrogens is 418 g/mol. The van der Waals surface area contributed by atoms with Gasteiger partial charge in [0, 0.05) is 31.6 Å². The van der Waals surface area contributed by atoms with Crippen molar-refractivity contribution < 1.29 is 27.8 Å². The van der Waals surface area contributed by atoms with Crippen molar-refractivity contribution in [1.29, 1.82) is 0 Å². The number of benzene rings is 1. The van der Waals surface area contributed by atoms with Gasteiger partial charge < -0.3 is 19.3 Å². The number of ether oxygens (including phenoxy) is 2. The summed E-state index contributed by atoms with van der Waals surface area (Å²) in [6, 6.07) is 4.89. The van der Waals surface area contributed by atoms with Gasteiger partial charge in [-0.2, -0.15) is 0 Å². The molecule has 1 spiro atoms. The number of halogens is 2. The van der Waals surface area contributed by atoms with Crippen molar-refractivity contribution in [2.45, 2.75) is 50.2 Å². The molecule has 6 nitrogen and oxygen atoms in total. The minimum Gasteiger partial charge on any atom is -0.485 e. The molecule has 1 aliphatic carbocycles. The molecule has 0 N–H and O–H groups in total. The van der Waals surface area contributed by atoms with E-state index in [1.54, 1.807) is 12.1 Å². The van der Waals surface area contributed by atoms with Crippen molar-refractivity contribution in [1.82, 2.24) is 9.80 Å². The molecule has 1 aromatic carbocycles. The maximum Gasteiger partial charge on any atom is 0.339 e. The lowest BCUT2D eigenvalue weighted by molar-refractivity contribution is -0.137. The first kappa shape index (κ1) is 23.0. The number of rotatable bonds is 8. The smallest absolute Gasteiger partial charge is 0.339 e. The van der Waals surface area contributed by atoms with Crippen LogP contribution < -0.4 is 4.74 Å².